The van der Waals surface area contributed by atoms with Gasteiger partial charge in [0.15, 0.2) is 0 Å². The van der Waals surface area contributed by atoms with Gasteiger partial charge in [-0.3, -0.25) is 4.79 Å². The van der Waals surface area contributed by atoms with Gasteiger partial charge in [0.25, 0.3) is 0 Å². The van der Waals surface area contributed by atoms with E-state index in [1.807, 2.05) is 0 Å². The quantitative estimate of drug-likeness (QED) is 0.326. The van der Waals surface area contributed by atoms with Crippen molar-refractivity contribution in [3.8, 4) is 0 Å². The summed E-state index contributed by atoms with van der Waals surface area (Å²) in [4.78, 5) is 11.4. The van der Waals surface area contributed by atoms with Gasteiger partial charge in [-0.05, 0) is 64.2 Å². The summed E-state index contributed by atoms with van der Waals surface area (Å²) in [6, 6.07) is 0. The SMILES string of the molecule is C1=CCCCCCC1.O=C1CCCCCC=CCCCCCCCCO1. The van der Waals surface area contributed by atoms with E-state index in [0.29, 0.717) is 13.0 Å². The van der Waals surface area contributed by atoms with Gasteiger partial charge in [-0.1, -0.05) is 69.2 Å². The average molecular weight is 363 g/mol. The molecule has 0 saturated heterocycles. The molecule has 0 amide bonds. The molecule has 0 aromatic carbocycles. The van der Waals surface area contributed by atoms with Gasteiger partial charge in [0.1, 0.15) is 0 Å². The predicted octanol–water partition coefficient (Wildman–Crippen LogP) is 7.68. The van der Waals surface area contributed by atoms with Gasteiger partial charge in [-0.2, -0.15) is 0 Å². The highest BCUT2D eigenvalue weighted by atomic mass is 16.5. The third kappa shape index (κ3) is 16.4. The number of carbonyl (C=O) groups excluding carboxylic acids is 1. The second-order valence-corrected chi connectivity index (χ2v) is 7.66. The van der Waals surface area contributed by atoms with E-state index in [-0.39, 0.29) is 5.97 Å². The standard InChI is InChI=1S/C16H28O2.C8H14/c17-16-14-12-10-8-6-4-2-1-3-5-7-9-11-13-15-18-16;1-2-4-6-8-7-5-3-1/h2,4H,1,3,5-15H2;1-2H,3-8H2. The van der Waals surface area contributed by atoms with Gasteiger partial charge in [-0.15, -0.1) is 0 Å². The zero-order valence-corrected chi connectivity index (χ0v) is 17.1. The minimum absolute atomic E-state index is 0.00476. The number of ether oxygens (including phenoxy) is 1. The van der Waals surface area contributed by atoms with Crippen molar-refractivity contribution in [3.05, 3.63) is 24.3 Å². The number of hydrogen-bond acceptors (Lipinski definition) is 2. The summed E-state index contributed by atoms with van der Waals surface area (Å²) in [5, 5.41) is 0. The highest BCUT2D eigenvalue weighted by molar-refractivity contribution is 5.69. The normalized spacial score (nSPS) is 22.1. The Morgan fingerprint density at radius 1 is 0.500 bits per heavy atom. The molecule has 2 aliphatic rings. The molecule has 0 N–H and O–H groups in total. The van der Waals surface area contributed by atoms with Crippen molar-refractivity contribution in [2.24, 2.45) is 0 Å². The topological polar surface area (TPSA) is 26.3 Å². The smallest absolute Gasteiger partial charge is 0.305 e. The first-order valence-electron chi connectivity index (χ1n) is 11.4. The van der Waals surface area contributed by atoms with E-state index in [2.05, 4.69) is 24.3 Å². The predicted molar refractivity (Wildman–Crippen MR) is 112 cm³/mol. The number of hydrogen-bond donors (Lipinski definition) is 0. The Balaban J connectivity index is 0.000000350. The van der Waals surface area contributed by atoms with Crippen LogP contribution in [-0.2, 0) is 9.53 Å². The zero-order chi connectivity index (χ0) is 18.5. The maximum Gasteiger partial charge on any atom is 0.305 e. The van der Waals surface area contributed by atoms with Crippen LogP contribution in [0.3, 0.4) is 0 Å². The number of carbonyl (C=O) groups is 1. The minimum atomic E-state index is -0.00476. The van der Waals surface area contributed by atoms with E-state index in [0.717, 1.165) is 25.7 Å². The minimum Gasteiger partial charge on any atom is -0.466 e. The third-order valence-corrected chi connectivity index (χ3v) is 5.10. The summed E-state index contributed by atoms with van der Waals surface area (Å²) in [5.74, 6) is -0.00476. The Morgan fingerprint density at radius 3 is 1.38 bits per heavy atom. The molecule has 0 radical (unpaired) electrons. The highest BCUT2D eigenvalue weighted by Crippen LogP contribution is 2.11. The first kappa shape index (κ1) is 23.0. The first-order valence-corrected chi connectivity index (χ1v) is 11.4. The van der Waals surface area contributed by atoms with Gasteiger partial charge in [0.2, 0.25) is 0 Å². The lowest BCUT2D eigenvalue weighted by molar-refractivity contribution is -0.143. The van der Waals surface area contributed by atoms with Crippen LogP contribution in [0.2, 0.25) is 0 Å². The molecule has 1 aliphatic heterocycles. The van der Waals surface area contributed by atoms with E-state index in [9.17, 15) is 4.79 Å². The van der Waals surface area contributed by atoms with E-state index in [4.69, 9.17) is 4.74 Å². The Kier molecular flexibility index (Phi) is 16.6. The lowest BCUT2D eigenvalue weighted by atomic mass is 10.1. The Bertz CT molecular complexity index is 360. The number of cyclic esters (lactones) is 1. The lowest BCUT2D eigenvalue weighted by Crippen LogP contribution is -2.05. The average Bonchev–Trinajstić information content (AvgIpc) is 2.61. The summed E-state index contributed by atoms with van der Waals surface area (Å²) in [6.45, 7) is 0.625. The molecule has 1 heterocycles. The molecule has 0 atom stereocenters. The molecule has 0 aromatic heterocycles. The van der Waals surface area contributed by atoms with Crippen LogP contribution >= 0.6 is 0 Å². The molecule has 1 aliphatic carbocycles. The summed E-state index contributed by atoms with van der Waals surface area (Å²) >= 11 is 0. The molecule has 0 bridgehead atoms. The molecule has 2 rings (SSSR count). The molecule has 0 aromatic rings. The maximum absolute atomic E-state index is 11.4. The van der Waals surface area contributed by atoms with Crippen molar-refractivity contribution in [2.45, 2.75) is 116 Å². The number of esters is 1. The van der Waals surface area contributed by atoms with Crippen molar-refractivity contribution in [2.75, 3.05) is 6.61 Å². The Labute approximate surface area is 162 Å². The Morgan fingerprint density at radius 2 is 0.885 bits per heavy atom. The van der Waals surface area contributed by atoms with Crippen molar-refractivity contribution < 1.29 is 9.53 Å². The molecule has 26 heavy (non-hydrogen) atoms. The molecule has 2 heteroatoms. The van der Waals surface area contributed by atoms with Crippen LogP contribution in [0.15, 0.2) is 24.3 Å². The van der Waals surface area contributed by atoms with Crippen LogP contribution in [0, 0.1) is 0 Å². The largest absolute Gasteiger partial charge is 0.466 e. The third-order valence-electron chi connectivity index (χ3n) is 5.10. The molecule has 2 nitrogen and oxygen atoms in total. The van der Waals surface area contributed by atoms with Gasteiger partial charge in [-0.25, -0.2) is 0 Å². The van der Waals surface area contributed by atoms with Crippen molar-refractivity contribution in [3.63, 3.8) is 0 Å². The fourth-order valence-electron chi connectivity index (χ4n) is 3.39. The van der Waals surface area contributed by atoms with E-state index >= 15 is 0 Å². The molecule has 0 unspecified atom stereocenters. The van der Waals surface area contributed by atoms with Crippen molar-refractivity contribution in [1.82, 2.24) is 0 Å². The second kappa shape index (κ2) is 18.7. The summed E-state index contributed by atoms with van der Waals surface area (Å²) in [5.41, 5.74) is 0. The number of rotatable bonds is 0. The van der Waals surface area contributed by atoms with Crippen molar-refractivity contribution in [1.29, 1.82) is 0 Å². The van der Waals surface area contributed by atoms with Crippen LogP contribution in [0.25, 0.3) is 0 Å². The van der Waals surface area contributed by atoms with Gasteiger partial charge in [0.05, 0.1) is 6.61 Å². The summed E-state index contributed by atoms with van der Waals surface area (Å²) in [7, 11) is 0. The molecule has 150 valence electrons. The van der Waals surface area contributed by atoms with E-state index in [1.165, 1.54) is 83.5 Å². The molecule has 0 fully saturated rings. The fraction of sp³-hybridized carbons (Fsp3) is 0.792. The highest BCUT2D eigenvalue weighted by Gasteiger charge is 2.02. The fourth-order valence-corrected chi connectivity index (χ4v) is 3.39. The number of allylic oxidation sites excluding steroid dienone is 4. The summed E-state index contributed by atoms with van der Waals surface area (Å²) in [6.07, 6.45) is 31.4. The van der Waals surface area contributed by atoms with Crippen LogP contribution in [0.1, 0.15) is 116 Å². The Hall–Kier alpha value is -1.05. The van der Waals surface area contributed by atoms with E-state index < -0.39 is 0 Å². The second-order valence-electron chi connectivity index (χ2n) is 7.66. The molecular formula is C24H42O2. The monoisotopic (exact) mass is 362 g/mol. The zero-order valence-electron chi connectivity index (χ0n) is 17.1. The molecule has 0 saturated carbocycles. The molecular weight excluding hydrogens is 320 g/mol. The van der Waals surface area contributed by atoms with Crippen LogP contribution in [-0.4, -0.2) is 12.6 Å². The molecule has 0 spiro atoms. The first-order chi connectivity index (χ1) is 12.9. The van der Waals surface area contributed by atoms with Gasteiger partial charge < -0.3 is 4.74 Å². The van der Waals surface area contributed by atoms with Crippen molar-refractivity contribution >= 4 is 5.97 Å². The summed E-state index contributed by atoms with van der Waals surface area (Å²) < 4.78 is 5.21. The van der Waals surface area contributed by atoms with Crippen LogP contribution in [0.4, 0.5) is 0 Å². The van der Waals surface area contributed by atoms with Crippen LogP contribution < -0.4 is 0 Å². The van der Waals surface area contributed by atoms with Gasteiger partial charge in [0, 0.05) is 6.42 Å². The van der Waals surface area contributed by atoms with E-state index in [1.54, 1.807) is 0 Å². The maximum atomic E-state index is 11.4. The van der Waals surface area contributed by atoms with Crippen LogP contribution in [0.5, 0.6) is 0 Å². The lowest BCUT2D eigenvalue weighted by Gasteiger charge is -2.04. The van der Waals surface area contributed by atoms with Gasteiger partial charge >= 0.3 is 5.97 Å².